The normalized spacial score (nSPS) is 10.3. The molecule has 0 aromatic carbocycles. The zero-order valence-electron chi connectivity index (χ0n) is 11.8. The van der Waals surface area contributed by atoms with Crippen LogP contribution in [0, 0.1) is 12.9 Å². The molecule has 2 heterocycles. The highest BCUT2D eigenvalue weighted by atomic mass is 19.1. The van der Waals surface area contributed by atoms with Gasteiger partial charge in [-0.25, -0.2) is 24.5 Å². The lowest BCUT2D eigenvalue weighted by Gasteiger charge is -2.11. The summed E-state index contributed by atoms with van der Waals surface area (Å²) in [6.45, 7) is 3.11. The largest absolute Gasteiger partial charge is 0.476 e. The van der Waals surface area contributed by atoms with Crippen molar-refractivity contribution in [2.45, 2.75) is 13.8 Å². The van der Waals surface area contributed by atoms with Crippen LogP contribution >= 0.6 is 0 Å². The van der Waals surface area contributed by atoms with Crippen LogP contribution in [0.1, 0.15) is 33.6 Å². The van der Waals surface area contributed by atoms with Gasteiger partial charge >= 0.3 is 11.9 Å². The van der Waals surface area contributed by atoms with Crippen molar-refractivity contribution >= 4 is 11.9 Å². The highest BCUT2D eigenvalue weighted by Gasteiger charge is 2.26. The average molecular weight is 305 g/mol. The summed E-state index contributed by atoms with van der Waals surface area (Å²) in [6.07, 6.45) is 1.19. The molecule has 0 unspecified atom stereocenters. The fourth-order valence-electron chi connectivity index (χ4n) is 1.88. The lowest BCUT2D eigenvalue weighted by Crippen LogP contribution is -2.17. The first-order valence-corrected chi connectivity index (χ1v) is 6.35. The number of carboxylic acid groups (broad SMARTS) is 1. The van der Waals surface area contributed by atoms with E-state index in [0.29, 0.717) is 0 Å². The van der Waals surface area contributed by atoms with Crippen molar-refractivity contribution in [3.05, 3.63) is 41.4 Å². The Hall–Kier alpha value is -2.90. The molecule has 0 spiro atoms. The number of carbonyl (C=O) groups excluding carboxylic acids is 1. The molecule has 1 N–H and O–H groups in total. The third-order valence-electron chi connectivity index (χ3n) is 2.70. The molecule has 0 fully saturated rings. The molecule has 2 aromatic rings. The Bertz CT molecular complexity index is 749. The molecule has 114 valence electrons. The van der Waals surface area contributed by atoms with Gasteiger partial charge in [-0.2, -0.15) is 4.39 Å². The first-order chi connectivity index (χ1) is 10.4. The van der Waals surface area contributed by atoms with Crippen molar-refractivity contribution < 1.29 is 23.8 Å². The monoisotopic (exact) mass is 305 g/mol. The van der Waals surface area contributed by atoms with Gasteiger partial charge in [-0.05, 0) is 19.9 Å². The third kappa shape index (κ3) is 3.05. The van der Waals surface area contributed by atoms with Crippen LogP contribution in [0.3, 0.4) is 0 Å². The van der Waals surface area contributed by atoms with Gasteiger partial charge < -0.3 is 9.84 Å². The molecule has 0 saturated heterocycles. The molecule has 22 heavy (non-hydrogen) atoms. The first kappa shape index (κ1) is 15.5. The topological polar surface area (TPSA) is 102 Å². The Kier molecular flexibility index (Phi) is 4.40. The number of halogens is 1. The molecule has 0 bridgehead atoms. The number of rotatable bonds is 4. The Morgan fingerprint density at radius 3 is 2.68 bits per heavy atom. The Morgan fingerprint density at radius 2 is 2.09 bits per heavy atom. The fraction of sp³-hybridized carbons (Fsp3) is 0.214. The highest BCUT2D eigenvalue weighted by molar-refractivity contribution is 6.05. The minimum Gasteiger partial charge on any atom is -0.476 e. The number of hydrogen-bond acceptors (Lipinski definition) is 6. The summed E-state index contributed by atoms with van der Waals surface area (Å²) in [5.41, 5.74) is -0.600. The van der Waals surface area contributed by atoms with Crippen molar-refractivity contribution in [1.29, 1.82) is 0 Å². The standard InChI is InChI=1S/C14H12FN3O4/c1-3-22-14(21)10-11(8-4-5-16-9(15)6-8)17-7(2)18-12(10)13(19)20/h4-6H,3H2,1-2H3,(H,19,20). The van der Waals surface area contributed by atoms with Crippen LogP contribution in [0.4, 0.5) is 4.39 Å². The van der Waals surface area contributed by atoms with E-state index in [1.54, 1.807) is 6.92 Å². The van der Waals surface area contributed by atoms with E-state index in [1.165, 1.54) is 19.2 Å². The van der Waals surface area contributed by atoms with Gasteiger partial charge in [-0.3, -0.25) is 0 Å². The van der Waals surface area contributed by atoms with Gasteiger partial charge in [0.1, 0.15) is 11.4 Å². The average Bonchev–Trinajstić information content (AvgIpc) is 2.46. The fourth-order valence-corrected chi connectivity index (χ4v) is 1.88. The molecular formula is C14H12FN3O4. The summed E-state index contributed by atoms with van der Waals surface area (Å²) in [6, 6.07) is 2.47. The molecule has 0 radical (unpaired) electrons. The van der Waals surface area contributed by atoms with Gasteiger partial charge in [0.05, 0.1) is 12.3 Å². The second-order valence-electron chi connectivity index (χ2n) is 4.24. The van der Waals surface area contributed by atoms with Crippen molar-refractivity contribution in [3.63, 3.8) is 0 Å². The molecule has 0 saturated carbocycles. The number of aromatic carboxylic acids is 1. The number of carbonyl (C=O) groups is 2. The molecule has 0 amide bonds. The van der Waals surface area contributed by atoms with Crippen molar-refractivity contribution in [2.24, 2.45) is 0 Å². The zero-order valence-corrected chi connectivity index (χ0v) is 11.8. The lowest BCUT2D eigenvalue weighted by atomic mass is 10.0. The van der Waals surface area contributed by atoms with Crippen LogP contribution < -0.4 is 0 Å². The second-order valence-corrected chi connectivity index (χ2v) is 4.24. The maximum absolute atomic E-state index is 13.3. The van der Waals surface area contributed by atoms with E-state index in [4.69, 9.17) is 4.74 Å². The van der Waals surface area contributed by atoms with E-state index < -0.39 is 23.6 Å². The van der Waals surface area contributed by atoms with Gasteiger partial charge in [-0.15, -0.1) is 0 Å². The summed E-state index contributed by atoms with van der Waals surface area (Å²) in [4.78, 5) is 34.7. The van der Waals surface area contributed by atoms with Gasteiger partial charge in [-0.1, -0.05) is 0 Å². The number of nitrogens with zero attached hydrogens (tertiary/aromatic N) is 3. The first-order valence-electron chi connectivity index (χ1n) is 6.35. The van der Waals surface area contributed by atoms with Crippen LogP contribution in [0.5, 0.6) is 0 Å². The number of carboxylic acids is 1. The quantitative estimate of drug-likeness (QED) is 0.679. The van der Waals surface area contributed by atoms with E-state index in [2.05, 4.69) is 15.0 Å². The summed E-state index contributed by atoms with van der Waals surface area (Å²) in [5, 5.41) is 9.25. The number of pyridine rings is 1. The van der Waals surface area contributed by atoms with Crippen LogP contribution in [0.2, 0.25) is 0 Å². The number of aryl methyl sites for hydroxylation is 1. The predicted molar refractivity (Wildman–Crippen MR) is 72.9 cm³/mol. The zero-order chi connectivity index (χ0) is 16.3. The molecule has 0 atom stereocenters. The molecule has 0 aliphatic heterocycles. The molecule has 2 aromatic heterocycles. The van der Waals surface area contributed by atoms with Crippen LogP contribution in [-0.4, -0.2) is 38.6 Å². The molecule has 7 nitrogen and oxygen atoms in total. The predicted octanol–water partition coefficient (Wildman–Crippen LogP) is 1.86. The number of hydrogen-bond donors (Lipinski definition) is 1. The second kappa shape index (κ2) is 6.25. The highest BCUT2D eigenvalue weighted by Crippen LogP contribution is 2.25. The number of aromatic nitrogens is 3. The Balaban J connectivity index is 2.76. The van der Waals surface area contributed by atoms with Crippen LogP contribution in [-0.2, 0) is 4.74 Å². The molecule has 0 aliphatic carbocycles. The smallest absolute Gasteiger partial charge is 0.355 e. The molecular weight excluding hydrogens is 293 g/mol. The van der Waals surface area contributed by atoms with Gasteiger partial charge in [0.15, 0.2) is 5.69 Å². The van der Waals surface area contributed by atoms with Gasteiger partial charge in [0, 0.05) is 17.8 Å². The van der Waals surface area contributed by atoms with E-state index >= 15 is 0 Å². The van der Waals surface area contributed by atoms with Gasteiger partial charge in [0.2, 0.25) is 5.95 Å². The van der Waals surface area contributed by atoms with Crippen LogP contribution in [0.25, 0.3) is 11.3 Å². The maximum atomic E-state index is 13.3. The minimum atomic E-state index is -1.40. The van der Waals surface area contributed by atoms with E-state index in [1.807, 2.05) is 0 Å². The van der Waals surface area contributed by atoms with Crippen molar-refractivity contribution in [3.8, 4) is 11.3 Å². The maximum Gasteiger partial charge on any atom is 0.355 e. The lowest BCUT2D eigenvalue weighted by molar-refractivity contribution is 0.0513. The minimum absolute atomic E-state index is 0.00958. The number of esters is 1. The van der Waals surface area contributed by atoms with Crippen molar-refractivity contribution in [2.75, 3.05) is 6.61 Å². The number of ether oxygens (including phenoxy) is 1. The van der Waals surface area contributed by atoms with Crippen molar-refractivity contribution in [1.82, 2.24) is 15.0 Å². The molecule has 8 heteroatoms. The van der Waals surface area contributed by atoms with E-state index in [9.17, 15) is 19.1 Å². The van der Waals surface area contributed by atoms with E-state index in [0.717, 1.165) is 6.07 Å². The molecule has 2 rings (SSSR count). The third-order valence-corrected chi connectivity index (χ3v) is 2.70. The summed E-state index contributed by atoms with van der Waals surface area (Å²) in [5.74, 6) is -2.92. The Labute approximate surface area is 124 Å². The van der Waals surface area contributed by atoms with Crippen LogP contribution in [0.15, 0.2) is 18.3 Å². The van der Waals surface area contributed by atoms with E-state index in [-0.39, 0.29) is 29.3 Å². The summed E-state index contributed by atoms with van der Waals surface area (Å²) in [7, 11) is 0. The summed E-state index contributed by atoms with van der Waals surface area (Å²) < 4.78 is 18.2. The molecule has 0 aliphatic rings. The SMILES string of the molecule is CCOC(=O)c1c(C(=O)O)nc(C)nc1-c1ccnc(F)c1. The summed E-state index contributed by atoms with van der Waals surface area (Å²) >= 11 is 0. The Morgan fingerprint density at radius 1 is 1.36 bits per heavy atom. The van der Waals surface area contributed by atoms with Gasteiger partial charge in [0.25, 0.3) is 0 Å².